The first kappa shape index (κ1) is 23.3. The zero-order valence-corrected chi connectivity index (χ0v) is 18.8. The van der Waals surface area contributed by atoms with Gasteiger partial charge in [-0.1, -0.05) is 19.9 Å². The van der Waals surface area contributed by atoms with Gasteiger partial charge in [0.2, 0.25) is 0 Å². The Bertz CT molecular complexity index is 617. The molecule has 1 heterocycles. The summed E-state index contributed by atoms with van der Waals surface area (Å²) < 4.78 is 11.2. The van der Waals surface area contributed by atoms with E-state index in [9.17, 15) is 0 Å². The number of hydrogen-bond acceptors (Lipinski definition) is 5. The van der Waals surface area contributed by atoms with Crippen LogP contribution in [0.3, 0.4) is 0 Å². The molecule has 0 amide bonds. The van der Waals surface area contributed by atoms with Gasteiger partial charge < -0.3 is 29.9 Å². The van der Waals surface area contributed by atoms with Crippen LogP contribution in [0.5, 0.6) is 11.5 Å². The van der Waals surface area contributed by atoms with Crippen molar-refractivity contribution >= 4 is 5.96 Å². The highest BCUT2D eigenvalue weighted by Crippen LogP contribution is 2.19. The number of ether oxygens (including phenoxy) is 2. The van der Waals surface area contributed by atoms with Gasteiger partial charge in [-0.3, -0.25) is 4.99 Å². The summed E-state index contributed by atoms with van der Waals surface area (Å²) in [6, 6.07) is 7.67. The predicted octanol–water partition coefficient (Wildman–Crippen LogP) is 1.90. The highest BCUT2D eigenvalue weighted by Gasteiger charge is 2.17. The van der Waals surface area contributed by atoms with Gasteiger partial charge in [-0.2, -0.15) is 0 Å². The second kappa shape index (κ2) is 12.5. The number of nitrogens with zero attached hydrogens (tertiary/aromatic N) is 3. The molecule has 2 unspecified atom stereocenters. The van der Waals surface area contributed by atoms with E-state index in [1.165, 1.54) is 26.2 Å². The van der Waals surface area contributed by atoms with Gasteiger partial charge in [0.1, 0.15) is 17.6 Å². The maximum Gasteiger partial charge on any atom is 0.191 e. The average molecular weight is 406 g/mol. The molecule has 1 aromatic rings. The largest absolute Gasteiger partial charge is 0.497 e. The van der Waals surface area contributed by atoms with Crippen molar-refractivity contribution in [3.8, 4) is 11.5 Å². The molecule has 1 fully saturated rings. The summed E-state index contributed by atoms with van der Waals surface area (Å²) in [6.07, 6.45) is 0.00735. The Morgan fingerprint density at radius 3 is 2.38 bits per heavy atom. The number of aliphatic imine (C=N–C) groups is 1. The van der Waals surface area contributed by atoms with Crippen LogP contribution in [-0.2, 0) is 0 Å². The molecule has 2 N–H and O–H groups in total. The summed E-state index contributed by atoms with van der Waals surface area (Å²) in [6.45, 7) is 15.1. The fraction of sp³-hybridized carbons (Fsp3) is 0.682. The summed E-state index contributed by atoms with van der Waals surface area (Å²) in [5, 5.41) is 6.80. The quantitative estimate of drug-likeness (QED) is 0.458. The first-order chi connectivity index (χ1) is 14.0. The molecule has 2 rings (SSSR count). The van der Waals surface area contributed by atoms with Crippen LogP contribution >= 0.6 is 0 Å². The van der Waals surface area contributed by atoms with E-state index in [2.05, 4.69) is 39.3 Å². The zero-order valence-electron chi connectivity index (χ0n) is 18.8. The lowest BCUT2D eigenvalue weighted by atomic mass is 10.1. The van der Waals surface area contributed by atoms with Crippen LogP contribution < -0.4 is 20.1 Å². The van der Waals surface area contributed by atoms with Crippen molar-refractivity contribution in [1.29, 1.82) is 0 Å². The normalized spacial score (nSPS) is 18.2. The lowest BCUT2D eigenvalue weighted by Gasteiger charge is -2.35. The third-order valence-corrected chi connectivity index (χ3v) is 5.26. The van der Waals surface area contributed by atoms with E-state index < -0.39 is 0 Å². The highest BCUT2D eigenvalue weighted by molar-refractivity contribution is 5.79. The lowest BCUT2D eigenvalue weighted by molar-refractivity contribution is 0.124. The van der Waals surface area contributed by atoms with Crippen LogP contribution in [-0.4, -0.2) is 88.4 Å². The second-order valence-corrected chi connectivity index (χ2v) is 7.78. The maximum absolute atomic E-state index is 5.96. The number of benzene rings is 1. The summed E-state index contributed by atoms with van der Waals surface area (Å²) >= 11 is 0. The summed E-state index contributed by atoms with van der Waals surface area (Å²) in [4.78, 5) is 9.41. The Balaban J connectivity index is 1.66. The van der Waals surface area contributed by atoms with Gasteiger partial charge in [0.25, 0.3) is 0 Å². The van der Waals surface area contributed by atoms with Crippen molar-refractivity contribution in [3.63, 3.8) is 0 Å². The number of likely N-dealkylation sites (N-methyl/N-ethyl adjacent to an activating group) is 1. The fourth-order valence-corrected chi connectivity index (χ4v) is 3.47. The lowest BCUT2D eigenvalue weighted by Crippen LogP contribution is -2.49. The molecule has 1 aliphatic heterocycles. The molecule has 1 aliphatic rings. The van der Waals surface area contributed by atoms with E-state index in [1.54, 1.807) is 14.2 Å². The Morgan fingerprint density at radius 2 is 1.72 bits per heavy atom. The monoisotopic (exact) mass is 405 g/mol. The second-order valence-electron chi connectivity index (χ2n) is 7.78. The van der Waals surface area contributed by atoms with Crippen LogP contribution in [0.15, 0.2) is 29.3 Å². The SMILES string of the molecule is CCN1CCN(CC(C)CNC(=NC)NCC(C)Oc2cccc(OC)c2)CC1. The number of rotatable bonds is 10. The van der Waals surface area contributed by atoms with E-state index in [4.69, 9.17) is 9.47 Å². The number of piperazine rings is 1. The Morgan fingerprint density at radius 1 is 1.07 bits per heavy atom. The van der Waals surface area contributed by atoms with E-state index in [1.807, 2.05) is 31.2 Å². The van der Waals surface area contributed by atoms with Gasteiger partial charge in [0, 0.05) is 52.4 Å². The number of hydrogen-bond donors (Lipinski definition) is 2. The van der Waals surface area contributed by atoms with Gasteiger partial charge in [-0.25, -0.2) is 0 Å². The molecule has 164 valence electrons. The van der Waals surface area contributed by atoms with Crippen molar-refractivity contribution in [3.05, 3.63) is 24.3 Å². The van der Waals surface area contributed by atoms with Gasteiger partial charge in [0.05, 0.1) is 13.7 Å². The minimum atomic E-state index is 0.00735. The van der Waals surface area contributed by atoms with Gasteiger partial charge >= 0.3 is 0 Å². The van der Waals surface area contributed by atoms with Crippen molar-refractivity contribution < 1.29 is 9.47 Å². The molecule has 0 saturated carbocycles. The number of guanidine groups is 1. The fourth-order valence-electron chi connectivity index (χ4n) is 3.47. The minimum Gasteiger partial charge on any atom is -0.497 e. The van der Waals surface area contributed by atoms with Crippen molar-refractivity contribution in [2.45, 2.75) is 26.9 Å². The molecule has 0 radical (unpaired) electrons. The molecule has 1 aromatic carbocycles. The van der Waals surface area contributed by atoms with Crippen molar-refractivity contribution in [2.75, 3.05) is 66.5 Å². The Hall–Kier alpha value is -1.99. The van der Waals surface area contributed by atoms with Crippen molar-refractivity contribution in [2.24, 2.45) is 10.9 Å². The van der Waals surface area contributed by atoms with Crippen LogP contribution in [0.4, 0.5) is 0 Å². The average Bonchev–Trinajstić information content (AvgIpc) is 2.74. The van der Waals surface area contributed by atoms with Crippen LogP contribution in [0.2, 0.25) is 0 Å². The van der Waals surface area contributed by atoms with Crippen LogP contribution in [0.25, 0.3) is 0 Å². The minimum absolute atomic E-state index is 0.00735. The smallest absolute Gasteiger partial charge is 0.191 e. The maximum atomic E-state index is 5.96. The predicted molar refractivity (Wildman–Crippen MR) is 120 cm³/mol. The molecule has 2 atom stereocenters. The molecule has 0 bridgehead atoms. The highest BCUT2D eigenvalue weighted by atomic mass is 16.5. The molecule has 0 aromatic heterocycles. The third-order valence-electron chi connectivity index (χ3n) is 5.26. The van der Waals surface area contributed by atoms with Gasteiger partial charge in [0.15, 0.2) is 5.96 Å². The van der Waals surface area contributed by atoms with Crippen LogP contribution in [0, 0.1) is 5.92 Å². The Kier molecular flexibility index (Phi) is 10.1. The number of methoxy groups -OCH3 is 1. The van der Waals surface area contributed by atoms with Crippen LogP contribution in [0.1, 0.15) is 20.8 Å². The third kappa shape index (κ3) is 8.50. The van der Waals surface area contributed by atoms with E-state index in [0.717, 1.165) is 37.1 Å². The van der Waals surface area contributed by atoms with E-state index in [0.29, 0.717) is 12.5 Å². The summed E-state index contributed by atoms with van der Waals surface area (Å²) in [5.41, 5.74) is 0. The standard InChI is InChI=1S/C22H39N5O2/c1-6-26-10-12-27(13-11-26)17-18(2)15-24-22(23-4)25-16-19(3)29-21-9-7-8-20(14-21)28-5/h7-9,14,18-19H,6,10-13,15-17H2,1-5H3,(H2,23,24,25). The zero-order chi connectivity index (χ0) is 21.1. The molecule has 29 heavy (non-hydrogen) atoms. The molecule has 7 heteroatoms. The summed E-state index contributed by atoms with van der Waals surface area (Å²) in [5.74, 6) is 2.98. The van der Waals surface area contributed by atoms with Gasteiger partial charge in [-0.05, 0) is 31.5 Å². The molecule has 1 saturated heterocycles. The van der Waals surface area contributed by atoms with E-state index in [-0.39, 0.29) is 6.10 Å². The Labute approximate surface area is 176 Å². The summed E-state index contributed by atoms with van der Waals surface area (Å²) in [7, 11) is 3.46. The molecular weight excluding hydrogens is 366 g/mol. The first-order valence-electron chi connectivity index (χ1n) is 10.7. The van der Waals surface area contributed by atoms with Gasteiger partial charge in [-0.15, -0.1) is 0 Å². The molecule has 0 spiro atoms. The number of nitrogens with one attached hydrogen (secondary N) is 2. The van der Waals surface area contributed by atoms with E-state index >= 15 is 0 Å². The van der Waals surface area contributed by atoms with Crippen molar-refractivity contribution in [1.82, 2.24) is 20.4 Å². The first-order valence-corrected chi connectivity index (χ1v) is 10.7. The molecule has 7 nitrogen and oxygen atoms in total. The molecular formula is C22H39N5O2. The molecule has 0 aliphatic carbocycles. The topological polar surface area (TPSA) is 61.4 Å².